The van der Waals surface area contributed by atoms with Crippen LogP contribution >= 0.6 is 0 Å². The number of carbonyl (C=O) groups excluding carboxylic acids is 1. The van der Waals surface area contributed by atoms with Crippen LogP contribution in [0.3, 0.4) is 0 Å². The molecule has 0 atom stereocenters. The highest BCUT2D eigenvalue weighted by atomic mass is 16.5. The zero-order chi connectivity index (χ0) is 22.2. The summed E-state index contributed by atoms with van der Waals surface area (Å²) in [5, 5.41) is 8.53. The Hall–Kier alpha value is -2.98. The Labute approximate surface area is 181 Å². The van der Waals surface area contributed by atoms with Gasteiger partial charge in [0, 0.05) is 52.9 Å². The average Bonchev–Trinajstić information content (AvgIpc) is 2.80. The summed E-state index contributed by atoms with van der Waals surface area (Å²) in [7, 11) is 1.57. The van der Waals surface area contributed by atoms with Crippen LogP contribution in [0, 0.1) is 0 Å². The molecule has 1 aliphatic heterocycles. The minimum absolute atomic E-state index is 0.117. The van der Waals surface area contributed by atoms with Crippen molar-refractivity contribution < 1.29 is 9.53 Å². The van der Waals surface area contributed by atoms with Gasteiger partial charge in [-0.15, -0.1) is 0 Å². The van der Waals surface area contributed by atoms with E-state index in [1.807, 2.05) is 30.9 Å². The molecule has 10 heteroatoms. The SMILES string of the molecule is CCOCCn1c(=O)c(N2CCNCC2)nc2cnc(/C(C)=C/CNC(=O)NC)cc21. The van der Waals surface area contributed by atoms with E-state index in [1.54, 1.807) is 17.8 Å². The van der Waals surface area contributed by atoms with Crippen molar-refractivity contribution in [3.63, 3.8) is 0 Å². The summed E-state index contributed by atoms with van der Waals surface area (Å²) >= 11 is 0. The van der Waals surface area contributed by atoms with Gasteiger partial charge in [-0.05, 0) is 25.5 Å². The number of nitrogens with zero attached hydrogens (tertiary/aromatic N) is 4. The first-order chi connectivity index (χ1) is 15.0. The van der Waals surface area contributed by atoms with E-state index >= 15 is 0 Å². The Morgan fingerprint density at radius 2 is 2.13 bits per heavy atom. The van der Waals surface area contributed by atoms with Crippen LogP contribution in [0.1, 0.15) is 19.5 Å². The van der Waals surface area contributed by atoms with Gasteiger partial charge in [-0.25, -0.2) is 9.78 Å². The zero-order valence-electron chi connectivity index (χ0n) is 18.4. The summed E-state index contributed by atoms with van der Waals surface area (Å²) in [5.41, 5.74) is 2.90. The predicted molar refractivity (Wildman–Crippen MR) is 121 cm³/mol. The van der Waals surface area contributed by atoms with E-state index in [9.17, 15) is 9.59 Å². The maximum absolute atomic E-state index is 13.3. The molecule has 168 valence electrons. The van der Waals surface area contributed by atoms with Crippen LogP contribution in [0.25, 0.3) is 16.6 Å². The third kappa shape index (κ3) is 5.59. The monoisotopic (exact) mass is 429 g/mol. The van der Waals surface area contributed by atoms with Crippen molar-refractivity contribution in [3.8, 4) is 0 Å². The minimum Gasteiger partial charge on any atom is -0.380 e. The van der Waals surface area contributed by atoms with Gasteiger partial charge < -0.3 is 30.2 Å². The molecule has 0 saturated carbocycles. The number of fused-ring (bicyclic) bond motifs is 1. The molecule has 0 aliphatic carbocycles. The molecule has 0 bridgehead atoms. The van der Waals surface area contributed by atoms with E-state index in [4.69, 9.17) is 4.74 Å². The normalized spacial score (nSPS) is 14.7. The molecule has 2 aromatic rings. The van der Waals surface area contributed by atoms with Gasteiger partial charge in [-0.1, -0.05) is 6.08 Å². The van der Waals surface area contributed by atoms with E-state index in [0.717, 1.165) is 43.0 Å². The zero-order valence-corrected chi connectivity index (χ0v) is 18.4. The third-order valence-corrected chi connectivity index (χ3v) is 5.20. The summed E-state index contributed by atoms with van der Waals surface area (Å²) < 4.78 is 7.25. The third-order valence-electron chi connectivity index (χ3n) is 5.20. The van der Waals surface area contributed by atoms with E-state index in [2.05, 4.69) is 25.9 Å². The number of ether oxygens (including phenoxy) is 1. The number of piperazine rings is 1. The molecule has 1 saturated heterocycles. The second-order valence-electron chi connectivity index (χ2n) is 7.23. The largest absolute Gasteiger partial charge is 0.380 e. The number of pyridine rings is 1. The van der Waals surface area contributed by atoms with Gasteiger partial charge >= 0.3 is 6.03 Å². The number of amides is 2. The smallest absolute Gasteiger partial charge is 0.314 e. The molecule has 2 amide bonds. The first-order valence-electron chi connectivity index (χ1n) is 10.6. The van der Waals surface area contributed by atoms with Gasteiger partial charge in [0.2, 0.25) is 0 Å². The lowest BCUT2D eigenvalue weighted by Crippen LogP contribution is -2.46. The molecule has 1 fully saturated rings. The standard InChI is InChI=1S/C21H31N7O3/c1-4-31-12-11-28-18-13-16(15(2)5-6-24-21(30)22-3)25-14-17(18)26-19(20(28)29)27-9-7-23-8-10-27/h5,13-14,23H,4,6-12H2,1-3H3,(H2,22,24,30)/b15-5+. The van der Waals surface area contributed by atoms with E-state index < -0.39 is 0 Å². The van der Waals surface area contributed by atoms with Crippen molar-refractivity contribution >= 4 is 28.5 Å². The summed E-state index contributed by atoms with van der Waals surface area (Å²) in [6, 6.07) is 1.63. The highest BCUT2D eigenvalue weighted by molar-refractivity contribution is 5.79. The number of urea groups is 1. The first-order valence-corrected chi connectivity index (χ1v) is 10.6. The Bertz CT molecular complexity index is 996. The van der Waals surface area contributed by atoms with Crippen molar-refractivity contribution in [1.29, 1.82) is 0 Å². The second-order valence-corrected chi connectivity index (χ2v) is 7.23. The molecule has 31 heavy (non-hydrogen) atoms. The Morgan fingerprint density at radius 3 is 2.84 bits per heavy atom. The fourth-order valence-corrected chi connectivity index (χ4v) is 3.44. The molecular formula is C21H31N7O3. The minimum atomic E-state index is -0.245. The highest BCUT2D eigenvalue weighted by Gasteiger charge is 2.19. The van der Waals surface area contributed by atoms with Crippen LogP contribution in [0.15, 0.2) is 23.1 Å². The van der Waals surface area contributed by atoms with Crippen molar-refractivity contribution in [2.75, 3.05) is 57.9 Å². The van der Waals surface area contributed by atoms with Gasteiger partial charge in [0.25, 0.3) is 5.56 Å². The van der Waals surface area contributed by atoms with Crippen molar-refractivity contribution in [3.05, 3.63) is 34.4 Å². The van der Waals surface area contributed by atoms with Crippen LogP contribution < -0.4 is 26.4 Å². The number of hydrogen-bond donors (Lipinski definition) is 3. The molecule has 1 aliphatic rings. The topological polar surface area (TPSA) is 113 Å². The number of nitrogens with one attached hydrogen (secondary N) is 3. The van der Waals surface area contributed by atoms with Crippen molar-refractivity contribution in [2.45, 2.75) is 20.4 Å². The quantitative estimate of drug-likeness (QED) is 0.526. The Morgan fingerprint density at radius 1 is 1.35 bits per heavy atom. The van der Waals surface area contributed by atoms with Gasteiger partial charge in [0.1, 0.15) is 5.52 Å². The Kier molecular flexibility index (Phi) is 7.96. The van der Waals surface area contributed by atoms with Crippen molar-refractivity contribution in [2.24, 2.45) is 0 Å². The Balaban J connectivity index is 1.98. The van der Waals surface area contributed by atoms with Gasteiger partial charge in [0.05, 0.1) is 24.0 Å². The summed E-state index contributed by atoms with van der Waals surface area (Å²) in [5.74, 6) is 0.460. The molecule has 3 heterocycles. The maximum atomic E-state index is 13.3. The fraction of sp³-hybridized carbons (Fsp3) is 0.524. The van der Waals surface area contributed by atoms with Gasteiger partial charge in [0.15, 0.2) is 5.82 Å². The first kappa shape index (κ1) is 22.7. The van der Waals surface area contributed by atoms with E-state index in [0.29, 0.717) is 37.6 Å². The number of rotatable bonds is 8. The number of hydrogen-bond acceptors (Lipinski definition) is 7. The van der Waals surface area contributed by atoms with E-state index in [1.165, 1.54) is 0 Å². The van der Waals surface area contributed by atoms with E-state index in [-0.39, 0.29) is 11.6 Å². The van der Waals surface area contributed by atoms with Crippen LogP contribution in [-0.4, -0.2) is 73.6 Å². The molecule has 3 N–H and O–H groups in total. The average molecular weight is 430 g/mol. The second kappa shape index (κ2) is 10.9. The summed E-state index contributed by atoms with van der Waals surface area (Å²) in [4.78, 5) is 35.9. The molecule has 10 nitrogen and oxygen atoms in total. The molecule has 2 aromatic heterocycles. The number of allylic oxidation sites excluding steroid dienone is 1. The molecule has 0 spiro atoms. The van der Waals surface area contributed by atoms with Crippen LogP contribution in [0.2, 0.25) is 0 Å². The molecule has 0 radical (unpaired) electrons. The van der Waals surface area contributed by atoms with Crippen molar-refractivity contribution in [1.82, 2.24) is 30.5 Å². The van der Waals surface area contributed by atoms with Crippen LogP contribution in [-0.2, 0) is 11.3 Å². The maximum Gasteiger partial charge on any atom is 0.314 e. The van der Waals surface area contributed by atoms with Crippen LogP contribution in [0.5, 0.6) is 0 Å². The molecule has 0 aromatic carbocycles. The summed E-state index contributed by atoms with van der Waals surface area (Å²) in [6.45, 7) is 8.84. The highest BCUT2D eigenvalue weighted by Crippen LogP contribution is 2.19. The van der Waals surface area contributed by atoms with Gasteiger partial charge in [-0.3, -0.25) is 9.78 Å². The molecular weight excluding hydrogens is 398 g/mol. The lowest BCUT2D eigenvalue weighted by Gasteiger charge is -2.28. The lowest BCUT2D eigenvalue weighted by molar-refractivity contribution is 0.139. The summed E-state index contributed by atoms with van der Waals surface area (Å²) in [6.07, 6.45) is 3.59. The van der Waals surface area contributed by atoms with Crippen LogP contribution in [0.4, 0.5) is 10.6 Å². The predicted octanol–water partition coefficient (Wildman–Crippen LogP) is 0.570. The van der Waals surface area contributed by atoms with Gasteiger partial charge in [-0.2, -0.15) is 0 Å². The number of aromatic nitrogens is 3. The number of carbonyl (C=O) groups is 1. The fourth-order valence-electron chi connectivity index (χ4n) is 3.44. The molecule has 0 unspecified atom stereocenters. The lowest BCUT2D eigenvalue weighted by atomic mass is 10.1. The molecule has 3 rings (SSSR count). The number of anilines is 1.